The normalized spacial score (nSPS) is 13.1. The highest BCUT2D eigenvalue weighted by Crippen LogP contribution is 2.42. The highest BCUT2D eigenvalue weighted by atomic mass is 79.9. The van der Waals surface area contributed by atoms with Crippen molar-refractivity contribution in [2.45, 2.75) is 12.4 Å². The Bertz CT molecular complexity index is 673. The average Bonchev–Trinajstić information content (AvgIpc) is 2.69. The van der Waals surface area contributed by atoms with Gasteiger partial charge in [-0.3, -0.25) is 4.79 Å². The second kappa shape index (κ2) is 5.04. The molecule has 0 radical (unpaired) electrons. The van der Waals surface area contributed by atoms with Gasteiger partial charge < -0.3 is 4.98 Å². The molecule has 2 nitrogen and oxygen atoms in total. The summed E-state index contributed by atoms with van der Waals surface area (Å²) < 4.78 is 75.8. The van der Waals surface area contributed by atoms with Crippen LogP contribution in [0.2, 0.25) is 0 Å². The number of carbonyl (C=O) groups excluding carboxylic acids is 1. The fourth-order valence-electron chi connectivity index (χ4n) is 1.97. The highest BCUT2D eigenvalue weighted by molar-refractivity contribution is 9.10. The molecule has 0 spiro atoms. The quantitative estimate of drug-likeness (QED) is 0.592. The number of hydrogen-bond acceptors (Lipinski definition) is 1. The van der Waals surface area contributed by atoms with E-state index in [1.807, 2.05) is 0 Å². The van der Waals surface area contributed by atoms with E-state index in [4.69, 9.17) is 0 Å². The second-order valence-electron chi connectivity index (χ2n) is 4.25. The van der Waals surface area contributed by atoms with Crippen LogP contribution < -0.4 is 0 Å². The van der Waals surface area contributed by atoms with Gasteiger partial charge >= 0.3 is 12.4 Å². The third-order valence-electron chi connectivity index (χ3n) is 2.84. The third-order valence-corrected chi connectivity index (χ3v) is 3.50. The van der Waals surface area contributed by atoms with Gasteiger partial charge in [0.05, 0.1) is 0 Å². The molecule has 0 aliphatic carbocycles. The van der Waals surface area contributed by atoms with Crippen LogP contribution in [0.3, 0.4) is 0 Å². The number of rotatable bonds is 2. The van der Waals surface area contributed by atoms with E-state index in [1.54, 1.807) is 0 Å². The van der Waals surface area contributed by atoms with E-state index >= 15 is 0 Å². The zero-order chi connectivity index (χ0) is 16.0. The number of aromatic nitrogens is 1. The Balaban J connectivity index is 2.60. The van der Waals surface area contributed by atoms with Gasteiger partial charge in [0.25, 0.3) is 0 Å². The minimum Gasteiger partial charge on any atom is -0.360 e. The van der Waals surface area contributed by atoms with Crippen LogP contribution >= 0.6 is 15.9 Å². The number of aromatic amines is 1. The molecule has 0 bridgehead atoms. The number of fused-ring (bicyclic) bond motifs is 1. The monoisotopic (exact) mass is 373 g/mol. The predicted molar refractivity (Wildman–Crippen MR) is 65.9 cm³/mol. The van der Waals surface area contributed by atoms with Crippen LogP contribution in [-0.2, 0) is 0 Å². The van der Waals surface area contributed by atoms with Gasteiger partial charge in [0.2, 0.25) is 5.92 Å². The van der Waals surface area contributed by atoms with Gasteiger partial charge in [-0.1, -0.05) is 22.0 Å². The zero-order valence-corrected chi connectivity index (χ0v) is 11.5. The number of Topliss-reactive ketones (excluding diaryl/α,β-unsaturated/α-hetero) is 1. The molecule has 1 heterocycles. The van der Waals surface area contributed by atoms with Gasteiger partial charge in [0, 0.05) is 27.1 Å². The summed E-state index contributed by atoms with van der Waals surface area (Å²) in [6.07, 6.45) is -10.6. The molecule has 0 unspecified atom stereocenters. The van der Waals surface area contributed by atoms with Crippen molar-refractivity contribution in [3.05, 3.63) is 34.4 Å². The summed E-state index contributed by atoms with van der Waals surface area (Å²) >= 11 is 3.01. The van der Waals surface area contributed by atoms with Crippen molar-refractivity contribution < 1.29 is 31.1 Å². The molecule has 0 atom stereocenters. The number of hydrogen-bond donors (Lipinski definition) is 1. The van der Waals surface area contributed by atoms with E-state index in [-0.39, 0.29) is 15.4 Å². The summed E-state index contributed by atoms with van der Waals surface area (Å²) in [6.45, 7) is 0. The SMILES string of the molecule is O=C(c1c[nH]c2cccc(Br)c12)C(C(F)(F)F)C(F)(F)F. The molecule has 1 aromatic carbocycles. The van der Waals surface area contributed by atoms with Crippen molar-refractivity contribution in [1.29, 1.82) is 0 Å². The Labute approximate surface area is 122 Å². The van der Waals surface area contributed by atoms with Crippen LogP contribution in [0.1, 0.15) is 10.4 Å². The van der Waals surface area contributed by atoms with Crippen molar-refractivity contribution in [3.63, 3.8) is 0 Å². The van der Waals surface area contributed by atoms with Crippen LogP contribution in [0.4, 0.5) is 26.3 Å². The largest absolute Gasteiger partial charge is 0.407 e. The van der Waals surface area contributed by atoms with Crippen molar-refractivity contribution >= 4 is 32.6 Å². The number of halogens is 7. The topological polar surface area (TPSA) is 32.9 Å². The summed E-state index contributed by atoms with van der Waals surface area (Å²) in [7, 11) is 0. The maximum atomic E-state index is 12.6. The maximum Gasteiger partial charge on any atom is 0.407 e. The predicted octanol–water partition coefficient (Wildman–Crippen LogP) is 4.85. The first kappa shape index (κ1) is 15.9. The molecule has 2 rings (SSSR count). The number of ketones is 1. The molecule has 2 aromatic rings. The first-order chi connectivity index (χ1) is 9.53. The molecule has 0 amide bonds. The van der Waals surface area contributed by atoms with E-state index in [1.165, 1.54) is 18.2 Å². The Kier molecular flexibility index (Phi) is 3.81. The minimum absolute atomic E-state index is 0.0130. The summed E-state index contributed by atoms with van der Waals surface area (Å²) in [4.78, 5) is 14.3. The number of benzene rings is 1. The standard InChI is InChI=1S/C12H6BrF6NO/c13-6-2-1-3-7-8(6)5(4-20-7)9(21)10(11(14,15)16)12(17,18)19/h1-4,10,20H. The first-order valence-electron chi connectivity index (χ1n) is 5.46. The highest BCUT2D eigenvalue weighted by Gasteiger charge is 2.61. The number of nitrogens with one attached hydrogen (secondary N) is 1. The maximum absolute atomic E-state index is 12.6. The lowest BCUT2D eigenvalue weighted by Gasteiger charge is -2.21. The summed E-state index contributed by atoms with van der Waals surface area (Å²) in [5.74, 6) is -6.08. The van der Waals surface area contributed by atoms with E-state index in [0.29, 0.717) is 0 Å². The lowest BCUT2D eigenvalue weighted by atomic mass is 9.96. The molecule has 0 aliphatic rings. The van der Waals surface area contributed by atoms with E-state index in [9.17, 15) is 31.1 Å². The molecule has 0 aliphatic heterocycles. The van der Waals surface area contributed by atoms with Crippen LogP contribution in [0.5, 0.6) is 0 Å². The molecule has 114 valence electrons. The Hall–Kier alpha value is -1.51. The molecule has 1 N–H and O–H groups in total. The van der Waals surface area contributed by atoms with Gasteiger partial charge in [-0.2, -0.15) is 26.3 Å². The number of H-pyrrole nitrogens is 1. The smallest absolute Gasteiger partial charge is 0.360 e. The molecule has 21 heavy (non-hydrogen) atoms. The zero-order valence-electron chi connectivity index (χ0n) is 9.94. The van der Waals surface area contributed by atoms with Crippen molar-refractivity contribution in [1.82, 2.24) is 4.98 Å². The molecular formula is C12H6BrF6NO. The average molecular weight is 374 g/mol. The lowest BCUT2D eigenvalue weighted by Crippen LogP contribution is -2.42. The fraction of sp³-hybridized carbons (Fsp3) is 0.250. The molecule has 0 saturated heterocycles. The van der Waals surface area contributed by atoms with Gasteiger partial charge in [-0.05, 0) is 12.1 Å². The minimum atomic E-state index is -5.71. The summed E-state index contributed by atoms with van der Waals surface area (Å²) in [6, 6.07) is 4.39. The van der Waals surface area contributed by atoms with Gasteiger partial charge in [0.1, 0.15) is 0 Å². The molecule has 0 saturated carbocycles. The fourth-order valence-corrected chi connectivity index (χ4v) is 2.55. The summed E-state index contributed by atoms with van der Waals surface area (Å²) in [5.41, 5.74) is -0.395. The van der Waals surface area contributed by atoms with Crippen molar-refractivity contribution in [3.8, 4) is 0 Å². The number of alkyl halides is 6. The Morgan fingerprint density at radius 2 is 1.67 bits per heavy atom. The van der Waals surface area contributed by atoms with Crippen LogP contribution in [0.25, 0.3) is 10.9 Å². The van der Waals surface area contributed by atoms with Crippen molar-refractivity contribution in [2.75, 3.05) is 0 Å². The van der Waals surface area contributed by atoms with Gasteiger partial charge in [-0.15, -0.1) is 0 Å². The van der Waals surface area contributed by atoms with Gasteiger partial charge in [-0.25, -0.2) is 0 Å². The van der Waals surface area contributed by atoms with Crippen LogP contribution in [0.15, 0.2) is 28.9 Å². The second-order valence-corrected chi connectivity index (χ2v) is 5.10. The van der Waals surface area contributed by atoms with E-state index in [2.05, 4.69) is 20.9 Å². The lowest BCUT2D eigenvalue weighted by molar-refractivity contribution is -0.264. The van der Waals surface area contributed by atoms with Crippen molar-refractivity contribution in [2.24, 2.45) is 5.92 Å². The Morgan fingerprint density at radius 3 is 2.19 bits per heavy atom. The molecular weight excluding hydrogens is 368 g/mol. The molecule has 9 heteroatoms. The van der Waals surface area contributed by atoms with E-state index < -0.39 is 29.6 Å². The van der Waals surface area contributed by atoms with E-state index in [0.717, 1.165) is 6.20 Å². The molecule has 1 aromatic heterocycles. The Morgan fingerprint density at radius 1 is 1.10 bits per heavy atom. The van der Waals surface area contributed by atoms with Crippen LogP contribution in [-0.4, -0.2) is 23.1 Å². The van der Waals surface area contributed by atoms with Crippen LogP contribution in [0, 0.1) is 5.92 Å². The number of carbonyl (C=O) groups is 1. The molecule has 0 fully saturated rings. The summed E-state index contributed by atoms with van der Waals surface area (Å²) in [5, 5.41) is -0.0130. The third kappa shape index (κ3) is 2.92. The first-order valence-corrected chi connectivity index (χ1v) is 6.26. The van der Waals surface area contributed by atoms with Gasteiger partial charge in [0.15, 0.2) is 5.78 Å².